The Morgan fingerprint density at radius 2 is 2.08 bits per heavy atom. The predicted molar refractivity (Wildman–Crippen MR) is 104 cm³/mol. The number of thiazole rings is 1. The van der Waals surface area contributed by atoms with Crippen molar-refractivity contribution in [2.24, 2.45) is 5.73 Å². The van der Waals surface area contributed by atoms with Crippen molar-refractivity contribution in [1.29, 1.82) is 0 Å². The van der Waals surface area contributed by atoms with E-state index >= 15 is 0 Å². The van der Waals surface area contributed by atoms with Gasteiger partial charge in [-0.1, -0.05) is 17.4 Å². The molecule has 0 spiro atoms. The number of benzene rings is 1. The third-order valence-electron chi connectivity index (χ3n) is 3.40. The fraction of sp³-hybridized carbons (Fsp3) is 0.333. The van der Waals surface area contributed by atoms with Crippen molar-refractivity contribution < 1.29 is 13.2 Å². The van der Waals surface area contributed by atoms with Crippen LogP contribution in [0.3, 0.4) is 0 Å². The van der Waals surface area contributed by atoms with Crippen LogP contribution >= 0.6 is 23.7 Å². The Kier molecular flexibility index (Phi) is 8.44. The Balaban J connectivity index is 0.00000338. The van der Waals surface area contributed by atoms with Crippen molar-refractivity contribution in [2.75, 3.05) is 18.4 Å². The Bertz CT molecular complexity index is 908. The molecule has 144 valence electrons. The van der Waals surface area contributed by atoms with Gasteiger partial charge in [0.15, 0.2) is 0 Å². The molecule has 26 heavy (non-hydrogen) atoms. The van der Waals surface area contributed by atoms with Crippen molar-refractivity contribution in [1.82, 2.24) is 9.29 Å². The summed E-state index contributed by atoms with van der Waals surface area (Å²) in [5.74, 6) is -0.304. The van der Waals surface area contributed by atoms with Crippen LogP contribution in [-0.2, 0) is 21.4 Å². The molecule has 0 saturated heterocycles. The van der Waals surface area contributed by atoms with E-state index in [4.69, 9.17) is 5.73 Å². The fourth-order valence-corrected chi connectivity index (χ4v) is 3.98. The zero-order valence-electron chi connectivity index (χ0n) is 14.1. The molecule has 0 saturated carbocycles. The number of carbonyl (C=O) groups is 1. The van der Waals surface area contributed by atoms with Gasteiger partial charge in [-0.25, -0.2) is 13.1 Å². The average Bonchev–Trinajstić information content (AvgIpc) is 2.89. The molecule has 2 aromatic rings. The Labute approximate surface area is 161 Å². The first-order valence-electron chi connectivity index (χ1n) is 7.58. The minimum absolute atomic E-state index is 0. The molecule has 8 nitrogen and oxygen atoms in total. The summed E-state index contributed by atoms with van der Waals surface area (Å²) >= 11 is 1.09. The number of carbonyl (C=O) groups excluding carboxylic acids is 1. The van der Waals surface area contributed by atoms with E-state index < -0.39 is 10.0 Å². The summed E-state index contributed by atoms with van der Waals surface area (Å²) in [6.45, 7) is 2.40. The van der Waals surface area contributed by atoms with E-state index in [9.17, 15) is 18.0 Å². The molecule has 0 unspecified atom stereocenters. The molecule has 1 amide bonds. The molecule has 1 heterocycles. The maximum Gasteiger partial charge on any atom is 0.307 e. The van der Waals surface area contributed by atoms with Crippen LogP contribution in [0.25, 0.3) is 0 Å². The summed E-state index contributed by atoms with van der Waals surface area (Å²) in [7, 11) is -3.67. The molecule has 0 aliphatic carbocycles. The van der Waals surface area contributed by atoms with Crippen molar-refractivity contribution in [3.8, 4) is 0 Å². The lowest BCUT2D eigenvalue weighted by atomic mass is 10.3. The molecular weight excluding hydrogens is 400 g/mol. The highest BCUT2D eigenvalue weighted by Gasteiger charge is 2.14. The van der Waals surface area contributed by atoms with Crippen LogP contribution < -0.4 is 20.6 Å². The van der Waals surface area contributed by atoms with Gasteiger partial charge in [0.25, 0.3) is 0 Å². The number of sulfonamides is 1. The monoisotopic (exact) mass is 420 g/mol. The maximum absolute atomic E-state index is 12.1. The van der Waals surface area contributed by atoms with E-state index in [1.807, 2.05) is 0 Å². The smallest absolute Gasteiger partial charge is 0.307 e. The standard InChI is InChI=1S/C15H20N4O4S2.ClH/c1-11-10-24-15(21)19(11)8-5-14(20)18-12-3-2-4-13(9-12)25(22,23)17-7-6-16;/h2-4,9-10,17H,5-8,16H2,1H3,(H,18,20);1H. The molecule has 11 heteroatoms. The molecule has 1 aromatic heterocycles. The molecule has 0 radical (unpaired) electrons. The van der Waals surface area contributed by atoms with Gasteiger partial charge in [-0.15, -0.1) is 12.4 Å². The van der Waals surface area contributed by atoms with E-state index in [-0.39, 0.29) is 54.1 Å². The number of aromatic nitrogens is 1. The summed E-state index contributed by atoms with van der Waals surface area (Å²) in [5.41, 5.74) is 6.47. The molecule has 0 fully saturated rings. The van der Waals surface area contributed by atoms with Gasteiger partial charge >= 0.3 is 4.87 Å². The molecule has 0 bridgehead atoms. The molecule has 2 rings (SSSR count). The quantitative estimate of drug-likeness (QED) is 0.585. The number of aryl methyl sites for hydroxylation is 1. The summed E-state index contributed by atoms with van der Waals surface area (Å²) < 4.78 is 28.0. The van der Waals surface area contributed by atoms with Gasteiger partial charge in [-0.3, -0.25) is 9.59 Å². The average molecular weight is 421 g/mol. The highest BCUT2D eigenvalue weighted by Crippen LogP contribution is 2.15. The third-order valence-corrected chi connectivity index (χ3v) is 5.74. The second-order valence-corrected chi connectivity index (χ2v) is 7.89. The van der Waals surface area contributed by atoms with Crippen molar-refractivity contribution in [3.05, 3.63) is 45.0 Å². The van der Waals surface area contributed by atoms with E-state index in [0.29, 0.717) is 5.69 Å². The van der Waals surface area contributed by atoms with E-state index in [1.165, 1.54) is 16.7 Å². The first kappa shape index (κ1) is 22.3. The first-order chi connectivity index (χ1) is 11.8. The van der Waals surface area contributed by atoms with E-state index in [1.54, 1.807) is 24.4 Å². The SMILES string of the molecule is Cc1csc(=O)n1CCC(=O)Nc1cccc(S(=O)(=O)NCCN)c1.Cl. The molecule has 0 atom stereocenters. The van der Waals surface area contributed by atoms with Crippen LogP contribution in [0.5, 0.6) is 0 Å². The van der Waals surface area contributed by atoms with Gasteiger partial charge in [0, 0.05) is 42.8 Å². The number of halogens is 1. The lowest BCUT2D eigenvalue weighted by Crippen LogP contribution is -2.29. The first-order valence-corrected chi connectivity index (χ1v) is 9.94. The van der Waals surface area contributed by atoms with Crippen molar-refractivity contribution in [3.63, 3.8) is 0 Å². The lowest BCUT2D eigenvalue weighted by Gasteiger charge is -2.09. The minimum atomic E-state index is -3.67. The minimum Gasteiger partial charge on any atom is -0.329 e. The summed E-state index contributed by atoms with van der Waals surface area (Å²) in [6, 6.07) is 5.95. The molecular formula is C15H21ClN4O4S2. The normalized spacial score (nSPS) is 11.0. The highest BCUT2D eigenvalue weighted by molar-refractivity contribution is 7.89. The van der Waals surface area contributed by atoms with E-state index in [2.05, 4.69) is 10.0 Å². The van der Waals surface area contributed by atoms with Gasteiger partial charge in [-0.2, -0.15) is 0 Å². The Morgan fingerprint density at radius 3 is 2.69 bits per heavy atom. The maximum atomic E-state index is 12.1. The molecule has 4 N–H and O–H groups in total. The second kappa shape index (κ2) is 9.83. The van der Waals surface area contributed by atoms with Crippen LogP contribution in [0.15, 0.2) is 39.3 Å². The molecule has 0 aliphatic rings. The Morgan fingerprint density at radius 1 is 1.35 bits per heavy atom. The van der Waals surface area contributed by atoms with Gasteiger partial charge in [0.1, 0.15) is 0 Å². The number of rotatable bonds is 8. The highest BCUT2D eigenvalue weighted by atomic mass is 35.5. The third kappa shape index (κ3) is 5.92. The number of nitrogens with zero attached hydrogens (tertiary/aromatic N) is 1. The number of anilines is 1. The van der Waals surface area contributed by atoms with Crippen LogP contribution in [0, 0.1) is 6.92 Å². The lowest BCUT2D eigenvalue weighted by molar-refractivity contribution is -0.116. The second-order valence-electron chi connectivity index (χ2n) is 5.31. The van der Waals surface area contributed by atoms with Crippen LogP contribution in [-0.4, -0.2) is 32.0 Å². The predicted octanol–water partition coefficient (Wildman–Crippen LogP) is 0.906. The van der Waals surface area contributed by atoms with Crippen LogP contribution in [0.2, 0.25) is 0 Å². The number of hydrogen-bond donors (Lipinski definition) is 3. The summed E-state index contributed by atoms with van der Waals surface area (Å²) in [5, 5.41) is 4.38. The van der Waals surface area contributed by atoms with Crippen molar-refractivity contribution >= 4 is 45.4 Å². The summed E-state index contributed by atoms with van der Waals surface area (Å²) in [4.78, 5) is 23.6. The zero-order chi connectivity index (χ0) is 18.4. The van der Waals surface area contributed by atoms with Gasteiger partial charge in [0.2, 0.25) is 15.9 Å². The Hall–Kier alpha value is -1.72. The number of nitrogens with two attached hydrogens (primary N) is 1. The van der Waals surface area contributed by atoms with Gasteiger partial charge in [-0.05, 0) is 25.1 Å². The van der Waals surface area contributed by atoms with E-state index in [0.717, 1.165) is 17.0 Å². The van der Waals surface area contributed by atoms with Crippen molar-refractivity contribution in [2.45, 2.75) is 24.8 Å². The fourth-order valence-electron chi connectivity index (χ4n) is 2.13. The summed E-state index contributed by atoms with van der Waals surface area (Å²) in [6.07, 6.45) is 0.111. The molecule has 0 aliphatic heterocycles. The van der Waals surface area contributed by atoms with Crippen LogP contribution in [0.1, 0.15) is 12.1 Å². The van der Waals surface area contributed by atoms with Gasteiger partial charge in [0.05, 0.1) is 4.90 Å². The van der Waals surface area contributed by atoms with Crippen LogP contribution in [0.4, 0.5) is 5.69 Å². The topological polar surface area (TPSA) is 123 Å². The largest absolute Gasteiger partial charge is 0.329 e. The number of hydrogen-bond acceptors (Lipinski definition) is 6. The zero-order valence-corrected chi connectivity index (χ0v) is 16.5. The molecule has 1 aromatic carbocycles. The number of nitrogens with one attached hydrogen (secondary N) is 2. The number of amides is 1. The van der Waals surface area contributed by atoms with Gasteiger partial charge < -0.3 is 15.6 Å².